The number of aromatic nitrogens is 2. The van der Waals surface area contributed by atoms with Crippen molar-refractivity contribution >= 4 is 0 Å². The van der Waals surface area contributed by atoms with Gasteiger partial charge in [-0.25, -0.2) is 0 Å². The lowest BCUT2D eigenvalue weighted by molar-refractivity contribution is 0.161. The van der Waals surface area contributed by atoms with Gasteiger partial charge >= 0.3 is 0 Å². The summed E-state index contributed by atoms with van der Waals surface area (Å²) in [5, 5.41) is 7.90. The zero-order chi connectivity index (χ0) is 13.8. The van der Waals surface area contributed by atoms with Crippen LogP contribution in [0.15, 0.2) is 6.20 Å². The molecule has 0 aliphatic carbocycles. The van der Waals surface area contributed by atoms with Crippen molar-refractivity contribution in [1.82, 2.24) is 20.0 Å². The third kappa shape index (κ3) is 4.05. The molecule has 1 N–H and O–H groups in total. The highest BCUT2D eigenvalue weighted by Crippen LogP contribution is 2.18. The van der Waals surface area contributed by atoms with Gasteiger partial charge < -0.3 is 5.32 Å². The maximum absolute atomic E-state index is 4.45. The Morgan fingerprint density at radius 1 is 1.42 bits per heavy atom. The number of rotatable bonds is 5. The average Bonchev–Trinajstić information content (AvgIpc) is 2.68. The molecule has 0 spiro atoms. The number of hydrogen-bond acceptors (Lipinski definition) is 3. The van der Waals surface area contributed by atoms with E-state index in [0.29, 0.717) is 6.04 Å². The van der Waals surface area contributed by atoms with E-state index in [0.717, 1.165) is 12.5 Å². The Balaban J connectivity index is 1.97. The lowest BCUT2D eigenvalue weighted by Crippen LogP contribution is -2.39. The highest BCUT2D eigenvalue weighted by atomic mass is 15.3. The van der Waals surface area contributed by atoms with Gasteiger partial charge in [-0.3, -0.25) is 9.58 Å². The molecule has 108 valence electrons. The number of nitrogens with zero attached hydrogens (tertiary/aromatic N) is 3. The van der Waals surface area contributed by atoms with Gasteiger partial charge in [-0.2, -0.15) is 5.10 Å². The lowest BCUT2D eigenvalue weighted by atomic mass is 9.97. The molecule has 0 aromatic carbocycles. The summed E-state index contributed by atoms with van der Waals surface area (Å²) < 4.78 is 1.92. The first-order chi connectivity index (χ1) is 9.06. The largest absolute Gasteiger partial charge is 0.317 e. The minimum Gasteiger partial charge on any atom is -0.317 e. The number of nitrogens with one attached hydrogen (secondary N) is 1. The first kappa shape index (κ1) is 14.5. The van der Waals surface area contributed by atoms with Crippen LogP contribution in [0.1, 0.15) is 37.9 Å². The molecule has 4 heteroatoms. The van der Waals surface area contributed by atoms with E-state index < -0.39 is 0 Å². The van der Waals surface area contributed by atoms with E-state index in [9.17, 15) is 0 Å². The molecule has 0 saturated carbocycles. The van der Waals surface area contributed by atoms with Gasteiger partial charge in [-0.05, 0) is 52.6 Å². The van der Waals surface area contributed by atoms with Crippen molar-refractivity contribution in [3.8, 4) is 0 Å². The maximum atomic E-state index is 4.45. The second-order valence-corrected chi connectivity index (χ2v) is 6.13. The molecule has 4 nitrogen and oxygen atoms in total. The van der Waals surface area contributed by atoms with Gasteiger partial charge in [0.15, 0.2) is 0 Å². The van der Waals surface area contributed by atoms with Crippen LogP contribution < -0.4 is 5.32 Å². The Hall–Kier alpha value is -0.870. The Bertz CT molecular complexity index is 391. The highest BCUT2D eigenvalue weighted by Gasteiger charge is 2.20. The molecule has 0 radical (unpaired) electrons. The molecule has 0 unspecified atom stereocenters. The second kappa shape index (κ2) is 6.53. The highest BCUT2D eigenvalue weighted by molar-refractivity contribution is 5.15. The molecule has 1 fully saturated rings. The molecule has 1 aliphatic heterocycles. The van der Waals surface area contributed by atoms with E-state index in [4.69, 9.17) is 0 Å². The van der Waals surface area contributed by atoms with E-state index in [1.54, 1.807) is 0 Å². The Kier molecular flexibility index (Phi) is 4.99. The van der Waals surface area contributed by atoms with Gasteiger partial charge in [0, 0.05) is 37.9 Å². The van der Waals surface area contributed by atoms with Gasteiger partial charge in [-0.1, -0.05) is 0 Å². The SMILES string of the molecule is Cc1nn(C)cc1CN(CC1CCNCC1)C(C)C. The van der Waals surface area contributed by atoms with E-state index >= 15 is 0 Å². The Morgan fingerprint density at radius 3 is 2.63 bits per heavy atom. The molecule has 1 saturated heterocycles. The fraction of sp³-hybridized carbons (Fsp3) is 0.800. The van der Waals surface area contributed by atoms with Gasteiger partial charge in [0.2, 0.25) is 0 Å². The minimum absolute atomic E-state index is 0.592. The second-order valence-electron chi connectivity index (χ2n) is 6.13. The van der Waals surface area contributed by atoms with Crippen LogP contribution in [0, 0.1) is 12.8 Å². The monoisotopic (exact) mass is 264 g/mol. The first-order valence-corrected chi connectivity index (χ1v) is 7.50. The molecule has 2 heterocycles. The van der Waals surface area contributed by atoms with Crippen LogP contribution in [0.4, 0.5) is 0 Å². The average molecular weight is 264 g/mol. The predicted octanol–water partition coefficient (Wildman–Crippen LogP) is 1.94. The van der Waals surface area contributed by atoms with Crippen molar-refractivity contribution in [2.75, 3.05) is 19.6 Å². The Morgan fingerprint density at radius 2 is 2.11 bits per heavy atom. The normalized spacial score (nSPS) is 17.6. The molecule has 1 aromatic heterocycles. The molecule has 1 aromatic rings. The molecule has 19 heavy (non-hydrogen) atoms. The summed E-state index contributed by atoms with van der Waals surface area (Å²) in [5.74, 6) is 0.848. The molecule has 1 aliphatic rings. The fourth-order valence-electron chi connectivity index (χ4n) is 2.88. The van der Waals surface area contributed by atoms with E-state index in [2.05, 4.69) is 42.3 Å². The van der Waals surface area contributed by atoms with Crippen molar-refractivity contribution in [3.63, 3.8) is 0 Å². The van der Waals surface area contributed by atoms with Crippen LogP contribution in [-0.2, 0) is 13.6 Å². The van der Waals surface area contributed by atoms with Crippen LogP contribution in [0.3, 0.4) is 0 Å². The Labute approximate surface area is 117 Å². The third-order valence-electron chi connectivity index (χ3n) is 4.17. The van der Waals surface area contributed by atoms with Crippen molar-refractivity contribution < 1.29 is 0 Å². The maximum Gasteiger partial charge on any atom is 0.0638 e. The van der Waals surface area contributed by atoms with Crippen LogP contribution in [0.2, 0.25) is 0 Å². The van der Waals surface area contributed by atoms with Gasteiger partial charge in [0.1, 0.15) is 0 Å². The van der Waals surface area contributed by atoms with Crippen molar-refractivity contribution in [3.05, 3.63) is 17.5 Å². The summed E-state index contributed by atoms with van der Waals surface area (Å²) in [4.78, 5) is 2.60. The summed E-state index contributed by atoms with van der Waals surface area (Å²) in [6, 6.07) is 0.592. The summed E-state index contributed by atoms with van der Waals surface area (Å²) in [6.07, 6.45) is 4.79. The summed E-state index contributed by atoms with van der Waals surface area (Å²) in [7, 11) is 2.00. The van der Waals surface area contributed by atoms with Crippen LogP contribution in [0.5, 0.6) is 0 Å². The summed E-state index contributed by atoms with van der Waals surface area (Å²) >= 11 is 0. The zero-order valence-electron chi connectivity index (χ0n) is 12.8. The van der Waals surface area contributed by atoms with Crippen molar-refractivity contribution in [2.24, 2.45) is 13.0 Å². The number of aryl methyl sites for hydroxylation is 2. The summed E-state index contributed by atoms with van der Waals surface area (Å²) in [5.41, 5.74) is 2.53. The van der Waals surface area contributed by atoms with Crippen LogP contribution >= 0.6 is 0 Å². The predicted molar refractivity (Wildman–Crippen MR) is 79.1 cm³/mol. The molecule has 0 amide bonds. The number of hydrogen-bond donors (Lipinski definition) is 1. The van der Waals surface area contributed by atoms with Gasteiger partial charge in [0.25, 0.3) is 0 Å². The summed E-state index contributed by atoms with van der Waals surface area (Å²) in [6.45, 7) is 11.3. The molecule has 2 rings (SSSR count). The minimum atomic E-state index is 0.592. The number of piperidine rings is 1. The zero-order valence-corrected chi connectivity index (χ0v) is 12.8. The quantitative estimate of drug-likeness (QED) is 0.882. The van der Waals surface area contributed by atoms with E-state index in [-0.39, 0.29) is 0 Å². The molecule has 0 atom stereocenters. The van der Waals surface area contributed by atoms with Crippen molar-refractivity contribution in [1.29, 1.82) is 0 Å². The lowest BCUT2D eigenvalue weighted by Gasteiger charge is -2.32. The first-order valence-electron chi connectivity index (χ1n) is 7.50. The van der Waals surface area contributed by atoms with Gasteiger partial charge in [-0.15, -0.1) is 0 Å². The molecular formula is C15H28N4. The molecule has 0 bridgehead atoms. The van der Waals surface area contributed by atoms with Crippen molar-refractivity contribution in [2.45, 2.75) is 46.2 Å². The van der Waals surface area contributed by atoms with Crippen LogP contribution in [0.25, 0.3) is 0 Å². The topological polar surface area (TPSA) is 33.1 Å². The molecular weight excluding hydrogens is 236 g/mol. The third-order valence-corrected chi connectivity index (χ3v) is 4.17. The van der Waals surface area contributed by atoms with Gasteiger partial charge in [0.05, 0.1) is 5.69 Å². The van der Waals surface area contributed by atoms with Crippen LogP contribution in [-0.4, -0.2) is 40.4 Å². The standard InChI is InChI=1S/C15H28N4/c1-12(2)19(9-14-5-7-16-8-6-14)11-15-10-18(4)17-13(15)3/h10,12,14,16H,5-9,11H2,1-4H3. The van der Waals surface area contributed by atoms with E-state index in [1.165, 1.54) is 43.7 Å². The van der Waals surface area contributed by atoms with E-state index in [1.807, 2.05) is 11.7 Å². The fourth-order valence-corrected chi connectivity index (χ4v) is 2.88. The smallest absolute Gasteiger partial charge is 0.0638 e.